The van der Waals surface area contributed by atoms with Gasteiger partial charge in [-0.15, -0.1) is 0 Å². The zero-order valence-corrected chi connectivity index (χ0v) is 20.0. The molecule has 0 radical (unpaired) electrons. The molecule has 0 aromatic heterocycles. The van der Waals surface area contributed by atoms with E-state index in [2.05, 4.69) is 0 Å². The molecule has 0 amide bonds. The normalized spacial score (nSPS) is 30.9. The van der Waals surface area contributed by atoms with Crippen molar-refractivity contribution in [3.8, 4) is 11.5 Å². The lowest BCUT2D eigenvalue weighted by Crippen LogP contribution is -2.52. The molecule has 0 bridgehead atoms. The third-order valence-corrected chi connectivity index (χ3v) is 7.55. The molecule has 1 fully saturated rings. The number of carbonyl (C=O) groups is 3. The van der Waals surface area contributed by atoms with Gasteiger partial charge >= 0.3 is 0 Å². The molecule has 37 heavy (non-hydrogen) atoms. The highest BCUT2D eigenvalue weighted by atomic mass is 19.1. The predicted octanol–water partition coefficient (Wildman–Crippen LogP) is 1.16. The summed E-state index contributed by atoms with van der Waals surface area (Å²) in [5.74, 6) is -4.47. The Balaban J connectivity index is 1.67. The minimum absolute atomic E-state index is 0.0393. The molecular weight excluding hydrogens is 489 g/mol. The number of aliphatic hydroxyl groups excluding tert-OH is 1. The van der Waals surface area contributed by atoms with Crippen LogP contribution in [0.4, 0.5) is 4.39 Å². The molecule has 2 aromatic carbocycles. The van der Waals surface area contributed by atoms with E-state index in [-0.39, 0.29) is 35.1 Å². The molecule has 10 nitrogen and oxygen atoms in total. The van der Waals surface area contributed by atoms with Gasteiger partial charge in [0, 0.05) is 47.6 Å². The first-order valence-electron chi connectivity index (χ1n) is 11.8. The summed E-state index contributed by atoms with van der Waals surface area (Å²) in [6.07, 6.45) is -4.74. The molecule has 11 heteroatoms. The van der Waals surface area contributed by atoms with Crippen molar-refractivity contribution in [1.82, 2.24) is 0 Å². The molecule has 6 atom stereocenters. The Morgan fingerprint density at radius 2 is 1.81 bits per heavy atom. The maximum atomic E-state index is 13.9. The zero-order valence-electron chi connectivity index (χ0n) is 20.0. The monoisotopic (exact) mass is 515 g/mol. The number of ether oxygens (including phenoxy) is 2. The van der Waals surface area contributed by atoms with Crippen LogP contribution in [-0.2, 0) is 20.7 Å². The minimum atomic E-state index is -2.03. The average molecular weight is 515 g/mol. The number of aliphatic hydroxyl groups is 2. The molecule has 1 saturated heterocycles. The van der Waals surface area contributed by atoms with Crippen LogP contribution in [0.3, 0.4) is 0 Å². The summed E-state index contributed by atoms with van der Waals surface area (Å²) in [5, 5.41) is 43.8. The van der Waals surface area contributed by atoms with Crippen LogP contribution < -0.4 is 5.73 Å². The Morgan fingerprint density at radius 1 is 1.16 bits per heavy atom. The van der Waals surface area contributed by atoms with E-state index in [1.165, 1.54) is 0 Å². The highest BCUT2D eigenvalue weighted by Gasteiger charge is 2.49. The molecule has 0 unspecified atom stereocenters. The summed E-state index contributed by atoms with van der Waals surface area (Å²) in [7, 11) is 0. The SMILES string of the molecule is CC(=O)[C@]1(O)Cc2c(O)c3c(c(O)c2[C@@H](O[C@H]2C[C@H](N)[C@H](O)[C@H](C)O2)C1)C(=O)c1cc(F)ccc1C3=O. The van der Waals surface area contributed by atoms with Crippen LogP contribution in [0.15, 0.2) is 18.2 Å². The van der Waals surface area contributed by atoms with E-state index in [9.17, 15) is 39.2 Å². The Labute approximate surface area is 210 Å². The number of halogens is 1. The largest absolute Gasteiger partial charge is 0.507 e. The number of hydrogen-bond acceptors (Lipinski definition) is 10. The molecule has 196 valence electrons. The number of Topliss-reactive ketones (excluding diaryl/α,β-unsaturated/α-hetero) is 1. The van der Waals surface area contributed by atoms with E-state index >= 15 is 0 Å². The molecule has 2 aromatic rings. The van der Waals surface area contributed by atoms with Crippen LogP contribution in [0.2, 0.25) is 0 Å². The average Bonchev–Trinajstić information content (AvgIpc) is 2.82. The number of hydrogen-bond donors (Lipinski definition) is 5. The van der Waals surface area contributed by atoms with Crippen molar-refractivity contribution in [3.63, 3.8) is 0 Å². The van der Waals surface area contributed by atoms with Crippen molar-refractivity contribution in [2.45, 2.75) is 69.4 Å². The van der Waals surface area contributed by atoms with Gasteiger partial charge in [0.25, 0.3) is 0 Å². The lowest BCUT2D eigenvalue weighted by atomic mass is 9.72. The fourth-order valence-electron chi connectivity index (χ4n) is 5.45. The van der Waals surface area contributed by atoms with Crippen LogP contribution in [0.25, 0.3) is 0 Å². The van der Waals surface area contributed by atoms with Crippen LogP contribution in [-0.4, -0.2) is 67.9 Å². The van der Waals surface area contributed by atoms with Crippen molar-refractivity contribution in [2.24, 2.45) is 5.73 Å². The fourth-order valence-corrected chi connectivity index (χ4v) is 5.45. The van der Waals surface area contributed by atoms with E-state index < -0.39 is 88.5 Å². The maximum absolute atomic E-state index is 13.9. The van der Waals surface area contributed by atoms with Crippen LogP contribution in [0, 0.1) is 5.82 Å². The van der Waals surface area contributed by atoms with Crippen molar-refractivity contribution in [1.29, 1.82) is 0 Å². The number of nitrogens with two attached hydrogens (primary N) is 1. The summed E-state index contributed by atoms with van der Waals surface area (Å²) in [6, 6.07) is 2.27. The standard InChI is InChI=1S/C26H26FNO9/c1-9-21(30)15(28)6-17(36-9)37-16-8-26(35,10(2)29)7-14-18(16)25(34)20-19(24(14)33)22(31)12-4-3-11(27)5-13(12)23(20)32/h3-5,9,15-17,21,30,33-35H,6-8,28H2,1-2H3/t9-,15-,16-,17-,21+,26-/m0/s1. The quantitative estimate of drug-likeness (QED) is 0.318. The summed E-state index contributed by atoms with van der Waals surface area (Å²) >= 11 is 0. The smallest absolute Gasteiger partial charge is 0.198 e. The molecule has 2 aliphatic carbocycles. The highest BCUT2D eigenvalue weighted by molar-refractivity contribution is 6.30. The first-order chi connectivity index (χ1) is 17.3. The van der Waals surface area contributed by atoms with Crippen molar-refractivity contribution < 1.29 is 48.7 Å². The number of rotatable bonds is 3. The summed E-state index contributed by atoms with van der Waals surface area (Å²) < 4.78 is 25.6. The van der Waals surface area contributed by atoms with Gasteiger partial charge in [0.2, 0.25) is 0 Å². The Morgan fingerprint density at radius 3 is 2.46 bits per heavy atom. The first-order valence-corrected chi connectivity index (χ1v) is 11.8. The molecular formula is C26H26FNO9. The van der Waals surface area contributed by atoms with Crippen molar-refractivity contribution >= 4 is 17.3 Å². The summed E-state index contributed by atoms with van der Waals surface area (Å²) in [4.78, 5) is 39.0. The van der Waals surface area contributed by atoms with E-state index in [0.717, 1.165) is 25.1 Å². The third-order valence-electron chi connectivity index (χ3n) is 7.55. The summed E-state index contributed by atoms with van der Waals surface area (Å²) in [5.41, 5.74) is 2.27. The van der Waals surface area contributed by atoms with Gasteiger partial charge in [-0.1, -0.05) is 0 Å². The predicted molar refractivity (Wildman–Crippen MR) is 124 cm³/mol. The Kier molecular flexibility index (Phi) is 5.96. The van der Waals surface area contributed by atoms with Gasteiger partial charge in [-0.2, -0.15) is 0 Å². The third kappa shape index (κ3) is 3.85. The molecule has 0 saturated carbocycles. The second kappa shape index (κ2) is 8.67. The van der Waals surface area contributed by atoms with Crippen LogP contribution in [0.1, 0.15) is 75.8 Å². The van der Waals surface area contributed by atoms with E-state index in [1.807, 2.05) is 0 Å². The second-order valence-electron chi connectivity index (χ2n) is 9.94. The second-order valence-corrected chi connectivity index (χ2v) is 9.94. The van der Waals surface area contributed by atoms with Gasteiger partial charge in [0.15, 0.2) is 23.6 Å². The minimum Gasteiger partial charge on any atom is -0.507 e. The number of fused-ring (bicyclic) bond motifs is 3. The van der Waals surface area contributed by atoms with Crippen molar-refractivity contribution in [2.75, 3.05) is 0 Å². The Hall–Kier alpha value is -3.22. The zero-order chi connectivity index (χ0) is 27.0. The molecule has 5 rings (SSSR count). The molecule has 6 N–H and O–H groups in total. The van der Waals surface area contributed by atoms with Gasteiger partial charge in [0.05, 0.1) is 29.4 Å². The van der Waals surface area contributed by atoms with Gasteiger partial charge < -0.3 is 35.6 Å². The highest BCUT2D eigenvalue weighted by Crippen LogP contribution is 2.52. The van der Waals surface area contributed by atoms with E-state index in [1.54, 1.807) is 6.92 Å². The first kappa shape index (κ1) is 25.4. The number of phenolic OH excluding ortho intramolecular Hbond substituents is 2. The van der Waals surface area contributed by atoms with E-state index in [0.29, 0.717) is 0 Å². The Bertz CT molecular complexity index is 1350. The number of carbonyl (C=O) groups excluding carboxylic acids is 3. The van der Waals surface area contributed by atoms with Crippen LogP contribution >= 0.6 is 0 Å². The summed E-state index contributed by atoms with van der Waals surface area (Å²) in [6.45, 7) is 2.74. The molecule has 1 aliphatic heterocycles. The maximum Gasteiger partial charge on any atom is 0.198 e. The van der Waals surface area contributed by atoms with Gasteiger partial charge in [-0.25, -0.2) is 4.39 Å². The van der Waals surface area contributed by atoms with Crippen LogP contribution in [0.5, 0.6) is 11.5 Å². The lowest BCUT2D eigenvalue weighted by Gasteiger charge is -2.42. The molecule has 0 spiro atoms. The van der Waals surface area contributed by atoms with Crippen molar-refractivity contribution in [3.05, 3.63) is 57.4 Å². The number of phenols is 2. The molecule has 1 heterocycles. The topological polar surface area (TPSA) is 177 Å². The van der Waals surface area contributed by atoms with E-state index in [4.69, 9.17) is 15.2 Å². The lowest BCUT2D eigenvalue weighted by molar-refractivity contribution is -0.247. The fraction of sp³-hybridized carbons (Fsp3) is 0.423. The number of benzene rings is 2. The number of aromatic hydroxyl groups is 2. The molecule has 3 aliphatic rings. The van der Waals surface area contributed by atoms with Gasteiger partial charge in [0.1, 0.15) is 22.9 Å². The van der Waals surface area contributed by atoms with Gasteiger partial charge in [-0.3, -0.25) is 14.4 Å². The van der Waals surface area contributed by atoms with Gasteiger partial charge in [-0.05, 0) is 32.0 Å². The number of ketones is 3.